The van der Waals surface area contributed by atoms with Crippen molar-refractivity contribution in [2.75, 3.05) is 12.4 Å². The van der Waals surface area contributed by atoms with Crippen molar-refractivity contribution < 1.29 is 9.53 Å². The van der Waals surface area contributed by atoms with Gasteiger partial charge in [-0.1, -0.05) is 22.0 Å². The summed E-state index contributed by atoms with van der Waals surface area (Å²) in [5, 5.41) is 2.87. The molecule has 1 amide bonds. The number of hydrogen-bond donors (Lipinski definition) is 1. The largest absolute Gasteiger partial charge is 0.380 e. The summed E-state index contributed by atoms with van der Waals surface area (Å²) in [6.45, 7) is 0.410. The van der Waals surface area contributed by atoms with Gasteiger partial charge in [-0.3, -0.25) is 9.78 Å². The molecule has 6 heteroatoms. The molecule has 20 heavy (non-hydrogen) atoms. The van der Waals surface area contributed by atoms with E-state index in [1.165, 1.54) is 6.20 Å². The van der Waals surface area contributed by atoms with Crippen LogP contribution >= 0.6 is 31.9 Å². The fourth-order valence-corrected chi connectivity index (χ4v) is 2.54. The molecule has 0 atom stereocenters. The van der Waals surface area contributed by atoms with Gasteiger partial charge >= 0.3 is 0 Å². The molecule has 2 rings (SSSR count). The fourth-order valence-electron chi connectivity index (χ4n) is 1.70. The molecule has 1 aromatic heterocycles. The summed E-state index contributed by atoms with van der Waals surface area (Å²) in [6, 6.07) is 7.32. The van der Waals surface area contributed by atoms with Crippen LogP contribution in [0.2, 0.25) is 0 Å². The van der Waals surface area contributed by atoms with Crippen LogP contribution in [0.3, 0.4) is 0 Å². The van der Waals surface area contributed by atoms with E-state index in [1.54, 1.807) is 19.4 Å². The monoisotopic (exact) mass is 398 g/mol. The highest BCUT2D eigenvalue weighted by Crippen LogP contribution is 2.26. The lowest BCUT2D eigenvalue weighted by Gasteiger charge is -2.12. The molecule has 2 aromatic rings. The first kappa shape index (κ1) is 15.2. The van der Waals surface area contributed by atoms with Crippen LogP contribution in [0.15, 0.2) is 45.6 Å². The predicted octanol–water partition coefficient (Wildman–Crippen LogP) is 4.01. The maximum absolute atomic E-state index is 12.2. The van der Waals surface area contributed by atoms with Gasteiger partial charge in [0.2, 0.25) is 0 Å². The first-order chi connectivity index (χ1) is 9.61. The molecular weight excluding hydrogens is 388 g/mol. The van der Waals surface area contributed by atoms with E-state index in [2.05, 4.69) is 42.2 Å². The van der Waals surface area contributed by atoms with Gasteiger partial charge in [0.05, 0.1) is 12.2 Å². The Morgan fingerprint density at radius 3 is 2.85 bits per heavy atom. The minimum Gasteiger partial charge on any atom is -0.380 e. The third-order valence-corrected chi connectivity index (χ3v) is 3.80. The molecule has 0 saturated heterocycles. The summed E-state index contributed by atoms with van der Waals surface area (Å²) in [5.74, 6) is -0.214. The van der Waals surface area contributed by atoms with E-state index >= 15 is 0 Å². The zero-order valence-electron chi connectivity index (χ0n) is 10.7. The number of nitrogens with one attached hydrogen (secondary N) is 1. The molecule has 0 radical (unpaired) electrons. The van der Waals surface area contributed by atoms with Crippen LogP contribution < -0.4 is 5.32 Å². The number of aromatic nitrogens is 1. The van der Waals surface area contributed by atoms with Crippen LogP contribution in [0.4, 0.5) is 5.69 Å². The number of halogens is 2. The first-order valence-electron chi connectivity index (χ1n) is 5.80. The van der Waals surface area contributed by atoms with Crippen molar-refractivity contribution in [3.05, 3.63) is 56.7 Å². The van der Waals surface area contributed by atoms with Gasteiger partial charge in [0.15, 0.2) is 0 Å². The second-order valence-electron chi connectivity index (χ2n) is 4.04. The number of pyridine rings is 1. The summed E-state index contributed by atoms with van der Waals surface area (Å²) in [4.78, 5) is 16.2. The number of ether oxygens (including phenoxy) is 1. The average Bonchev–Trinajstić information content (AvgIpc) is 2.42. The molecule has 4 nitrogen and oxygen atoms in total. The van der Waals surface area contributed by atoms with Crippen LogP contribution in [0, 0.1) is 0 Å². The summed E-state index contributed by atoms with van der Waals surface area (Å²) in [6.07, 6.45) is 3.15. The maximum atomic E-state index is 12.2. The highest BCUT2D eigenvalue weighted by Gasteiger charge is 2.11. The van der Waals surface area contributed by atoms with Crippen molar-refractivity contribution >= 4 is 43.5 Å². The van der Waals surface area contributed by atoms with E-state index in [4.69, 9.17) is 4.74 Å². The second kappa shape index (κ2) is 6.97. The van der Waals surface area contributed by atoms with Crippen LogP contribution in [0.1, 0.15) is 15.9 Å². The lowest BCUT2D eigenvalue weighted by molar-refractivity contribution is 0.102. The zero-order chi connectivity index (χ0) is 14.5. The van der Waals surface area contributed by atoms with E-state index in [1.807, 2.05) is 18.2 Å². The first-order valence-corrected chi connectivity index (χ1v) is 7.38. The van der Waals surface area contributed by atoms with Gasteiger partial charge < -0.3 is 10.1 Å². The number of anilines is 1. The van der Waals surface area contributed by atoms with E-state index in [0.717, 1.165) is 14.5 Å². The van der Waals surface area contributed by atoms with Crippen LogP contribution in [0.5, 0.6) is 0 Å². The summed E-state index contributed by atoms with van der Waals surface area (Å²) < 4.78 is 6.81. The topological polar surface area (TPSA) is 51.2 Å². The standard InChI is InChI=1S/C14H12Br2N2O2/c1-20-8-11-12(16)3-2-4-13(11)18-14(19)9-5-10(15)7-17-6-9/h2-7H,8H2,1H3,(H,18,19). The molecule has 0 unspecified atom stereocenters. The van der Waals surface area contributed by atoms with Crippen molar-refractivity contribution in [1.82, 2.24) is 4.98 Å². The smallest absolute Gasteiger partial charge is 0.257 e. The number of rotatable bonds is 4. The number of carbonyl (C=O) groups excluding carboxylic acids is 1. The van der Waals surface area contributed by atoms with Gasteiger partial charge in [-0.15, -0.1) is 0 Å². The van der Waals surface area contributed by atoms with E-state index < -0.39 is 0 Å². The van der Waals surface area contributed by atoms with Crippen molar-refractivity contribution in [1.29, 1.82) is 0 Å². The Morgan fingerprint density at radius 1 is 1.35 bits per heavy atom. The SMILES string of the molecule is COCc1c(Br)cccc1NC(=O)c1cncc(Br)c1. The summed E-state index contributed by atoms with van der Waals surface area (Å²) in [5.41, 5.74) is 2.10. The van der Waals surface area contributed by atoms with Crippen molar-refractivity contribution in [3.63, 3.8) is 0 Å². The molecule has 0 fully saturated rings. The van der Waals surface area contributed by atoms with Gasteiger partial charge in [-0.25, -0.2) is 0 Å². The van der Waals surface area contributed by atoms with Crippen LogP contribution in [0.25, 0.3) is 0 Å². The van der Waals surface area contributed by atoms with Crippen LogP contribution in [-0.2, 0) is 11.3 Å². The average molecular weight is 400 g/mol. The Bertz CT molecular complexity index is 632. The van der Waals surface area contributed by atoms with Crippen molar-refractivity contribution in [2.45, 2.75) is 6.61 Å². The molecule has 1 aromatic carbocycles. The Labute approximate surface area is 133 Å². The summed E-state index contributed by atoms with van der Waals surface area (Å²) in [7, 11) is 1.61. The number of hydrogen-bond acceptors (Lipinski definition) is 3. The number of amides is 1. The van der Waals surface area contributed by atoms with Gasteiger partial charge in [0.1, 0.15) is 0 Å². The van der Waals surface area contributed by atoms with Crippen molar-refractivity contribution in [3.8, 4) is 0 Å². The second-order valence-corrected chi connectivity index (χ2v) is 5.81. The highest BCUT2D eigenvalue weighted by molar-refractivity contribution is 9.10. The lowest BCUT2D eigenvalue weighted by Crippen LogP contribution is -2.14. The third-order valence-electron chi connectivity index (χ3n) is 2.62. The molecule has 0 aliphatic heterocycles. The summed E-state index contributed by atoms with van der Waals surface area (Å²) >= 11 is 6.75. The molecular formula is C14H12Br2N2O2. The van der Waals surface area contributed by atoms with Gasteiger partial charge in [0.25, 0.3) is 5.91 Å². The molecule has 0 spiro atoms. The lowest BCUT2D eigenvalue weighted by atomic mass is 10.1. The predicted molar refractivity (Wildman–Crippen MR) is 84.7 cm³/mol. The quantitative estimate of drug-likeness (QED) is 0.845. The molecule has 1 heterocycles. The van der Waals surface area contributed by atoms with Gasteiger partial charge in [0, 0.05) is 39.7 Å². The number of benzene rings is 1. The zero-order valence-corrected chi connectivity index (χ0v) is 13.9. The molecule has 0 saturated carbocycles. The maximum Gasteiger partial charge on any atom is 0.257 e. The van der Waals surface area contributed by atoms with Crippen LogP contribution in [-0.4, -0.2) is 18.0 Å². The number of methoxy groups -OCH3 is 1. The highest BCUT2D eigenvalue weighted by atomic mass is 79.9. The van der Waals surface area contributed by atoms with Gasteiger partial charge in [-0.2, -0.15) is 0 Å². The fraction of sp³-hybridized carbons (Fsp3) is 0.143. The Morgan fingerprint density at radius 2 is 2.15 bits per heavy atom. The van der Waals surface area contributed by atoms with E-state index in [9.17, 15) is 4.79 Å². The molecule has 104 valence electrons. The van der Waals surface area contributed by atoms with E-state index in [-0.39, 0.29) is 5.91 Å². The Balaban J connectivity index is 2.26. The molecule has 0 aliphatic rings. The van der Waals surface area contributed by atoms with Gasteiger partial charge in [-0.05, 0) is 34.1 Å². The third kappa shape index (κ3) is 3.65. The molecule has 0 bridgehead atoms. The normalized spacial score (nSPS) is 10.3. The minimum atomic E-state index is -0.214. The minimum absolute atomic E-state index is 0.214. The Hall–Kier alpha value is -1.24. The van der Waals surface area contributed by atoms with E-state index in [0.29, 0.717) is 17.9 Å². The molecule has 0 aliphatic carbocycles. The Kier molecular flexibility index (Phi) is 5.28. The number of nitrogens with zero attached hydrogens (tertiary/aromatic N) is 1. The molecule has 1 N–H and O–H groups in total. The number of carbonyl (C=O) groups is 1. The van der Waals surface area contributed by atoms with Crippen molar-refractivity contribution in [2.24, 2.45) is 0 Å².